The van der Waals surface area contributed by atoms with Crippen LogP contribution in [-0.4, -0.2) is 33.4 Å². The molecule has 1 aliphatic heterocycles. The van der Waals surface area contributed by atoms with Gasteiger partial charge < -0.3 is 5.11 Å². The topological polar surface area (TPSA) is 96.3 Å². The third-order valence-corrected chi connectivity index (χ3v) is 2.76. The Morgan fingerprint density at radius 2 is 2.35 bits per heavy atom. The van der Waals surface area contributed by atoms with Gasteiger partial charge in [-0.15, -0.1) is 0 Å². The Morgan fingerprint density at radius 1 is 1.59 bits per heavy atom. The van der Waals surface area contributed by atoms with Crippen LogP contribution in [0.1, 0.15) is 12.0 Å². The molecule has 17 heavy (non-hydrogen) atoms. The molecule has 94 valence electrons. The highest BCUT2D eigenvalue weighted by Gasteiger charge is 2.25. The van der Waals surface area contributed by atoms with Crippen molar-refractivity contribution in [2.45, 2.75) is 32.0 Å². The van der Waals surface area contributed by atoms with Gasteiger partial charge in [-0.05, 0) is 13.3 Å². The number of aliphatic hydroxyl groups is 1. The van der Waals surface area contributed by atoms with Gasteiger partial charge in [-0.2, -0.15) is 5.48 Å². The van der Waals surface area contributed by atoms with Crippen molar-refractivity contribution in [2.24, 2.45) is 0 Å². The lowest BCUT2D eigenvalue weighted by molar-refractivity contribution is 0.0127. The van der Waals surface area contributed by atoms with Crippen LogP contribution in [-0.2, 0) is 11.4 Å². The van der Waals surface area contributed by atoms with Crippen molar-refractivity contribution in [3.63, 3.8) is 0 Å². The summed E-state index contributed by atoms with van der Waals surface area (Å²) in [6.07, 6.45) is 1.95. The molecule has 3 N–H and O–H groups in total. The molecule has 7 heteroatoms. The molecule has 0 bridgehead atoms. The number of nitrogens with one attached hydrogen (secondary N) is 2. The van der Waals surface area contributed by atoms with E-state index in [0.717, 1.165) is 0 Å². The second-order valence-electron chi connectivity index (χ2n) is 4.20. The van der Waals surface area contributed by atoms with E-state index < -0.39 is 5.69 Å². The van der Waals surface area contributed by atoms with Crippen molar-refractivity contribution >= 4 is 0 Å². The number of aromatic nitrogens is 2. The summed E-state index contributed by atoms with van der Waals surface area (Å²) in [5.41, 5.74) is 2.35. The SMILES string of the molecule is Cc1cn(C[C@H]2C[C@@H](CO)NO2)c(=O)[nH]c1=O. The molecular weight excluding hydrogens is 226 g/mol. The predicted molar refractivity (Wildman–Crippen MR) is 59.6 cm³/mol. The molecule has 0 unspecified atom stereocenters. The smallest absolute Gasteiger partial charge is 0.328 e. The van der Waals surface area contributed by atoms with Gasteiger partial charge in [0.2, 0.25) is 0 Å². The molecule has 2 heterocycles. The fourth-order valence-electron chi connectivity index (χ4n) is 1.80. The van der Waals surface area contributed by atoms with E-state index in [2.05, 4.69) is 10.5 Å². The number of hydroxylamine groups is 1. The normalized spacial score (nSPS) is 24.1. The van der Waals surface area contributed by atoms with Gasteiger partial charge in [-0.25, -0.2) is 4.79 Å². The zero-order chi connectivity index (χ0) is 12.4. The summed E-state index contributed by atoms with van der Waals surface area (Å²) in [5.74, 6) is 0. The summed E-state index contributed by atoms with van der Waals surface area (Å²) in [5, 5.41) is 8.93. The molecule has 1 aromatic heterocycles. The van der Waals surface area contributed by atoms with Crippen LogP contribution in [0.2, 0.25) is 0 Å². The molecule has 0 spiro atoms. The number of aliphatic hydroxyl groups excluding tert-OH is 1. The number of aryl methyl sites for hydroxylation is 1. The van der Waals surface area contributed by atoms with Crippen molar-refractivity contribution in [1.29, 1.82) is 0 Å². The first-order valence-electron chi connectivity index (χ1n) is 5.42. The maximum absolute atomic E-state index is 11.5. The fourth-order valence-corrected chi connectivity index (χ4v) is 1.80. The summed E-state index contributed by atoms with van der Waals surface area (Å²) in [4.78, 5) is 30.2. The fraction of sp³-hybridized carbons (Fsp3) is 0.600. The van der Waals surface area contributed by atoms with Gasteiger partial charge in [0.1, 0.15) is 0 Å². The molecule has 1 aliphatic rings. The maximum Gasteiger partial charge on any atom is 0.328 e. The highest BCUT2D eigenvalue weighted by molar-refractivity contribution is 5.01. The van der Waals surface area contributed by atoms with E-state index >= 15 is 0 Å². The van der Waals surface area contributed by atoms with E-state index in [0.29, 0.717) is 18.5 Å². The van der Waals surface area contributed by atoms with Gasteiger partial charge in [0.05, 0.1) is 25.3 Å². The lowest BCUT2D eigenvalue weighted by Gasteiger charge is -2.10. The van der Waals surface area contributed by atoms with Gasteiger partial charge in [0, 0.05) is 11.8 Å². The summed E-state index contributed by atoms with van der Waals surface area (Å²) >= 11 is 0. The van der Waals surface area contributed by atoms with E-state index in [1.807, 2.05) is 0 Å². The number of rotatable bonds is 3. The predicted octanol–water partition coefficient (Wildman–Crippen LogP) is -1.50. The van der Waals surface area contributed by atoms with Crippen LogP contribution in [0.5, 0.6) is 0 Å². The molecule has 0 radical (unpaired) electrons. The van der Waals surface area contributed by atoms with Crippen molar-refractivity contribution < 1.29 is 9.94 Å². The van der Waals surface area contributed by atoms with Gasteiger partial charge in [0.15, 0.2) is 0 Å². The first kappa shape index (κ1) is 12.0. The zero-order valence-electron chi connectivity index (χ0n) is 9.47. The van der Waals surface area contributed by atoms with E-state index in [-0.39, 0.29) is 24.3 Å². The molecule has 1 fully saturated rings. The van der Waals surface area contributed by atoms with Gasteiger partial charge in [0.25, 0.3) is 5.56 Å². The average Bonchev–Trinajstić information content (AvgIpc) is 2.73. The van der Waals surface area contributed by atoms with Crippen LogP contribution in [0.3, 0.4) is 0 Å². The Balaban J connectivity index is 2.12. The minimum Gasteiger partial charge on any atom is -0.395 e. The summed E-state index contributed by atoms with van der Waals surface area (Å²) < 4.78 is 1.41. The van der Waals surface area contributed by atoms with Gasteiger partial charge in [-0.1, -0.05) is 0 Å². The second kappa shape index (κ2) is 4.82. The Bertz CT molecular complexity index is 507. The first-order chi connectivity index (χ1) is 8.10. The van der Waals surface area contributed by atoms with Crippen molar-refractivity contribution in [3.8, 4) is 0 Å². The largest absolute Gasteiger partial charge is 0.395 e. The standard InChI is InChI=1S/C10H15N3O4/c1-6-3-13(10(16)11-9(6)15)4-8-2-7(5-14)12-17-8/h3,7-8,12,14H,2,4-5H2,1H3,(H,11,15,16)/t7-,8+/m0/s1. The molecule has 1 aromatic rings. The van der Waals surface area contributed by atoms with Crippen LogP contribution in [0, 0.1) is 6.92 Å². The lowest BCUT2D eigenvalue weighted by atomic mass is 10.1. The number of hydrogen-bond donors (Lipinski definition) is 3. The summed E-state index contributed by atoms with van der Waals surface area (Å²) in [7, 11) is 0. The monoisotopic (exact) mass is 241 g/mol. The molecule has 2 rings (SSSR count). The highest BCUT2D eigenvalue weighted by atomic mass is 16.7. The maximum atomic E-state index is 11.5. The number of aromatic amines is 1. The van der Waals surface area contributed by atoms with Gasteiger partial charge >= 0.3 is 5.69 Å². The summed E-state index contributed by atoms with van der Waals surface area (Å²) in [6, 6.07) is -0.0976. The minimum absolute atomic E-state index is 0.00392. The average molecular weight is 241 g/mol. The number of hydrogen-bond acceptors (Lipinski definition) is 5. The Kier molecular flexibility index (Phi) is 3.41. The van der Waals surface area contributed by atoms with Crippen LogP contribution in [0.15, 0.2) is 15.8 Å². The molecule has 0 amide bonds. The first-order valence-corrected chi connectivity index (χ1v) is 5.42. The molecule has 7 nitrogen and oxygen atoms in total. The van der Waals surface area contributed by atoms with Crippen LogP contribution in [0.25, 0.3) is 0 Å². The van der Waals surface area contributed by atoms with Crippen molar-refractivity contribution in [2.75, 3.05) is 6.61 Å². The number of nitrogens with zero attached hydrogens (tertiary/aromatic N) is 1. The molecule has 0 saturated carbocycles. The zero-order valence-corrected chi connectivity index (χ0v) is 9.47. The molecule has 0 aliphatic carbocycles. The lowest BCUT2D eigenvalue weighted by Crippen LogP contribution is -2.33. The van der Waals surface area contributed by atoms with E-state index in [4.69, 9.17) is 9.94 Å². The van der Waals surface area contributed by atoms with Crippen LogP contribution in [0.4, 0.5) is 0 Å². The van der Waals surface area contributed by atoms with Crippen LogP contribution < -0.4 is 16.7 Å². The molecule has 0 aromatic carbocycles. The summed E-state index contributed by atoms with van der Waals surface area (Å²) in [6.45, 7) is 1.98. The number of H-pyrrole nitrogens is 1. The molecular formula is C10H15N3O4. The highest BCUT2D eigenvalue weighted by Crippen LogP contribution is 2.11. The molecule has 2 atom stereocenters. The Labute approximate surface area is 97.0 Å². The quantitative estimate of drug-likeness (QED) is 0.598. The van der Waals surface area contributed by atoms with E-state index in [1.54, 1.807) is 6.92 Å². The third-order valence-electron chi connectivity index (χ3n) is 2.76. The molecule has 1 saturated heterocycles. The third kappa shape index (κ3) is 2.63. The van der Waals surface area contributed by atoms with Gasteiger partial charge in [-0.3, -0.25) is 19.2 Å². The Hall–Kier alpha value is -1.44. The minimum atomic E-state index is -0.448. The van der Waals surface area contributed by atoms with E-state index in [9.17, 15) is 9.59 Å². The van der Waals surface area contributed by atoms with Crippen LogP contribution >= 0.6 is 0 Å². The van der Waals surface area contributed by atoms with Crippen molar-refractivity contribution in [1.82, 2.24) is 15.0 Å². The van der Waals surface area contributed by atoms with Crippen molar-refractivity contribution in [3.05, 3.63) is 32.6 Å². The van der Waals surface area contributed by atoms with E-state index in [1.165, 1.54) is 10.8 Å². The second-order valence-corrected chi connectivity index (χ2v) is 4.20. The Morgan fingerprint density at radius 3 is 3.00 bits per heavy atom.